The van der Waals surface area contributed by atoms with Gasteiger partial charge in [0.15, 0.2) is 0 Å². The summed E-state index contributed by atoms with van der Waals surface area (Å²) < 4.78 is 0. The molecule has 4 N–H and O–H groups in total. The summed E-state index contributed by atoms with van der Waals surface area (Å²) in [6.07, 6.45) is 0.411. The highest BCUT2D eigenvalue weighted by Crippen LogP contribution is 2.28. The van der Waals surface area contributed by atoms with Crippen LogP contribution in [0, 0.1) is 0 Å². The Morgan fingerprint density at radius 2 is 2.32 bits per heavy atom. The van der Waals surface area contributed by atoms with Crippen LogP contribution in [0.2, 0.25) is 0 Å². The number of nitrogen functional groups attached to an aromatic ring is 1. The molecule has 0 aliphatic rings. The van der Waals surface area contributed by atoms with Crippen LogP contribution in [0.15, 0.2) is 11.4 Å². The number of thiophene rings is 1. The highest BCUT2D eigenvalue weighted by Gasteiger charge is 2.13. The number of carbonyl (C=O) groups is 1. The normalized spacial score (nSPS) is 10.5. The summed E-state index contributed by atoms with van der Waals surface area (Å²) in [5.41, 5.74) is 2.46. The molecule has 0 unspecified atom stereocenters. The molecule has 0 spiro atoms. The molecule has 1 amide bonds. The van der Waals surface area contributed by atoms with Gasteiger partial charge in [0.1, 0.15) is 10.6 Å². The van der Waals surface area contributed by atoms with Crippen LogP contribution in [0.5, 0.6) is 0 Å². The number of rotatable bonds is 5. The van der Waals surface area contributed by atoms with E-state index in [0.717, 1.165) is 16.0 Å². The van der Waals surface area contributed by atoms with Crippen LogP contribution < -0.4 is 21.5 Å². The standard InChI is InChI=1S/C11H16N6OS/c1-13-8(18)3-5-17(2)9-7-4-6-19-10(7)15-11(14-9)16-12/h4,6H,3,5,12H2,1-2H3,(H,13,18)(H,14,15,16). The average molecular weight is 280 g/mol. The lowest BCUT2D eigenvalue weighted by Crippen LogP contribution is -2.27. The molecule has 0 aromatic carbocycles. The van der Waals surface area contributed by atoms with Gasteiger partial charge in [-0.3, -0.25) is 10.2 Å². The number of carbonyl (C=O) groups excluding carboxylic acids is 1. The minimum Gasteiger partial charge on any atom is -0.359 e. The third kappa shape index (κ3) is 2.91. The van der Waals surface area contributed by atoms with E-state index in [1.165, 1.54) is 11.3 Å². The number of anilines is 2. The molecule has 2 heterocycles. The fourth-order valence-corrected chi connectivity index (χ4v) is 2.45. The second-order valence-electron chi connectivity index (χ2n) is 4.00. The van der Waals surface area contributed by atoms with E-state index < -0.39 is 0 Å². The minimum absolute atomic E-state index is 0.000332. The van der Waals surface area contributed by atoms with Crippen LogP contribution in [-0.4, -0.2) is 36.5 Å². The zero-order valence-corrected chi connectivity index (χ0v) is 11.6. The van der Waals surface area contributed by atoms with Gasteiger partial charge in [-0.1, -0.05) is 0 Å². The summed E-state index contributed by atoms with van der Waals surface area (Å²) in [7, 11) is 3.52. The summed E-state index contributed by atoms with van der Waals surface area (Å²) in [5.74, 6) is 6.51. The molecule has 7 nitrogen and oxygen atoms in total. The monoisotopic (exact) mass is 280 g/mol. The fraction of sp³-hybridized carbons (Fsp3) is 0.364. The lowest BCUT2D eigenvalue weighted by atomic mass is 10.3. The van der Waals surface area contributed by atoms with Gasteiger partial charge in [0.25, 0.3) is 0 Å². The van der Waals surface area contributed by atoms with Gasteiger partial charge < -0.3 is 10.2 Å². The molecule has 0 fully saturated rings. The zero-order valence-electron chi connectivity index (χ0n) is 10.8. The van der Waals surface area contributed by atoms with Gasteiger partial charge in [0, 0.05) is 27.1 Å². The average Bonchev–Trinajstić information content (AvgIpc) is 2.91. The van der Waals surface area contributed by atoms with Crippen molar-refractivity contribution in [1.29, 1.82) is 0 Å². The van der Waals surface area contributed by atoms with Crippen LogP contribution in [0.1, 0.15) is 6.42 Å². The Morgan fingerprint density at radius 1 is 1.53 bits per heavy atom. The number of nitrogens with one attached hydrogen (secondary N) is 2. The van der Waals surface area contributed by atoms with Crippen molar-refractivity contribution in [3.63, 3.8) is 0 Å². The Bertz CT molecular complexity index is 584. The van der Waals surface area contributed by atoms with Crippen molar-refractivity contribution in [2.75, 3.05) is 31.0 Å². The Kier molecular flexibility index (Phi) is 4.13. The van der Waals surface area contributed by atoms with Crippen molar-refractivity contribution in [3.8, 4) is 0 Å². The van der Waals surface area contributed by atoms with E-state index in [9.17, 15) is 4.79 Å². The van der Waals surface area contributed by atoms with Crippen molar-refractivity contribution in [2.45, 2.75) is 6.42 Å². The Morgan fingerprint density at radius 3 is 3.00 bits per heavy atom. The van der Waals surface area contributed by atoms with Gasteiger partial charge in [0.05, 0.1) is 5.39 Å². The molecule has 0 aliphatic heterocycles. The Balaban J connectivity index is 2.27. The third-order valence-electron chi connectivity index (χ3n) is 2.75. The van der Waals surface area contributed by atoms with Gasteiger partial charge in [0.2, 0.25) is 11.9 Å². The highest BCUT2D eigenvalue weighted by atomic mass is 32.1. The van der Waals surface area contributed by atoms with Crippen LogP contribution >= 0.6 is 11.3 Å². The van der Waals surface area contributed by atoms with E-state index in [0.29, 0.717) is 18.9 Å². The molecule has 2 aromatic heterocycles. The first-order valence-corrected chi connectivity index (χ1v) is 6.67. The summed E-state index contributed by atoms with van der Waals surface area (Å²) in [5, 5.41) is 5.51. The number of nitrogens with two attached hydrogens (primary N) is 1. The van der Waals surface area contributed by atoms with E-state index in [1.807, 2.05) is 23.4 Å². The third-order valence-corrected chi connectivity index (χ3v) is 3.56. The quantitative estimate of drug-likeness (QED) is 0.547. The molecule has 0 saturated heterocycles. The maximum Gasteiger partial charge on any atom is 0.240 e. The number of fused-ring (bicyclic) bond motifs is 1. The predicted octanol–water partition coefficient (Wildman–Crippen LogP) is 0.549. The number of hydrazine groups is 1. The molecule has 0 aliphatic carbocycles. The van der Waals surface area contributed by atoms with E-state index in [4.69, 9.17) is 5.84 Å². The van der Waals surface area contributed by atoms with Crippen LogP contribution in [0.4, 0.5) is 11.8 Å². The zero-order chi connectivity index (χ0) is 13.8. The molecule has 19 heavy (non-hydrogen) atoms. The van der Waals surface area contributed by atoms with Crippen molar-refractivity contribution in [1.82, 2.24) is 15.3 Å². The molecule has 102 valence electrons. The second-order valence-corrected chi connectivity index (χ2v) is 4.89. The van der Waals surface area contributed by atoms with Crippen molar-refractivity contribution >= 4 is 39.2 Å². The molecule has 0 radical (unpaired) electrons. The first kappa shape index (κ1) is 13.5. The molecule has 8 heteroatoms. The first-order chi connectivity index (χ1) is 9.15. The van der Waals surface area contributed by atoms with E-state index in [2.05, 4.69) is 20.7 Å². The van der Waals surface area contributed by atoms with E-state index in [1.54, 1.807) is 7.05 Å². The smallest absolute Gasteiger partial charge is 0.240 e. The van der Waals surface area contributed by atoms with Gasteiger partial charge >= 0.3 is 0 Å². The topological polar surface area (TPSA) is 96.2 Å². The summed E-state index contributed by atoms with van der Waals surface area (Å²) in [6, 6.07) is 1.96. The Labute approximate surface area is 114 Å². The molecule has 2 aromatic rings. The van der Waals surface area contributed by atoms with Crippen molar-refractivity contribution in [3.05, 3.63) is 11.4 Å². The number of hydrogen-bond acceptors (Lipinski definition) is 7. The number of amides is 1. The number of hydrogen-bond donors (Lipinski definition) is 3. The second kappa shape index (κ2) is 5.81. The molecular formula is C11H16N6OS. The van der Waals surface area contributed by atoms with Gasteiger partial charge in [-0.2, -0.15) is 4.98 Å². The van der Waals surface area contributed by atoms with Crippen molar-refractivity contribution < 1.29 is 4.79 Å². The summed E-state index contributed by atoms with van der Waals surface area (Å²) in [6.45, 7) is 0.575. The molecule has 0 bridgehead atoms. The lowest BCUT2D eigenvalue weighted by molar-refractivity contribution is -0.120. The summed E-state index contributed by atoms with van der Waals surface area (Å²) in [4.78, 5) is 22.7. The van der Waals surface area contributed by atoms with E-state index in [-0.39, 0.29) is 5.91 Å². The maximum absolute atomic E-state index is 11.3. The molecule has 2 rings (SSSR count). The van der Waals surface area contributed by atoms with Gasteiger partial charge in [-0.05, 0) is 11.4 Å². The summed E-state index contributed by atoms with van der Waals surface area (Å²) >= 11 is 1.52. The van der Waals surface area contributed by atoms with Gasteiger partial charge in [-0.15, -0.1) is 11.3 Å². The van der Waals surface area contributed by atoms with E-state index >= 15 is 0 Å². The first-order valence-electron chi connectivity index (χ1n) is 5.79. The number of nitrogens with zero attached hydrogens (tertiary/aromatic N) is 3. The fourth-order valence-electron chi connectivity index (χ4n) is 1.70. The minimum atomic E-state index is -0.000332. The lowest BCUT2D eigenvalue weighted by Gasteiger charge is -2.19. The van der Waals surface area contributed by atoms with Crippen LogP contribution in [0.3, 0.4) is 0 Å². The van der Waals surface area contributed by atoms with Crippen LogP contribution in [-0.2, 0) is 4.79 Å². The van der Waals surface area contributed by atoms with Crippen molar-refractivity contribution in [2.24, 2.45) is 5.84 Å². The largest absolute Gasteiger partial charge is 0.359 e. The van der Waals surface area contributed by atoms with Gasteiger partial charge in [-0.25, -0.2) is 10.8 Å². The van der Waals surface area contributed by atoms with Crippen LogP contribution in [0.25, 0.3) is 10.2 Å². The SMILES string of the molecule is CNC(=O)CCN(C)c1nc(NN)nc2sccc12. The molecule has 0 saturated carbocycles. The molecule has 0 atom stereocenters. The Hall–Kier alpha value is -1.93. The molecular weight excluding hydrogens is 264 g/mol. The maximum atomic E-state index is 11.3. The number of aromatic nitrogens is 2. The highest BCUT2D eigenvalue weighted by molar-refractivity contribution is 7.16. The predicted molar refractivity (Wildman–Crippen MR) is 77.2 cm³/mol.